The molecule has 1 aromatic rings. The smallest absolute Gasteiger partial charge is 0.173 e. The summed E-state index contributed by atoms with van der Waals surface area (Å²) in [6, 6.07) is 2.76. The van der Waals surface area contributed by atoms with Crippen LogP contribution in [0.15, 0.2) is 18.2 Å². The molecule has 0 atom stereocenters. The molecule has 1 aromatic carbocycles. The van der Waals surface area contributed by atoms with Crippen molar-refractivity contribution in [2.24, 2.45) is 0 Å². The molecule has 0 aliphatic carbocycles. The Labute approximate surface area is 118 Å². The number of rotatable bonds is 9. The van der Waals surface area contributed by atoms with Gasteiger partial charge >= 0.3 is 0 Å². The van der Waals surface area contributed by atoms with Crippen LogP contribution in [0.1, 0.15) is 62.2 Å². The highest BCUT2D eigenvalue weighted by Gasteiger charge is 2.15. The number of hydrogen-bond donors (Lipinski definition) is 0. The minimum Gasteiger partial charge on any atom is -0.299 e. The van der Waals surface area contributed by atoms with Gasteiger partial charge in [-0.1, -0.05) is 32.6 Å². The fraction of sp³-hybridized carbons (Fsp3) is 0.500. The highest BCUT2D eigenvalue weighted by atomic mass is 19.1. The van der Waals surface area contributed by atoms with Gasteiger partial charge in [0.15, 0.2) is 5.78 Å². The lowest BCUT2D eigenvalue weighted by molar-refractivity contribution is -0.118. The zero-order valence-corrected chi connectivity index (χ0v) is 11.8. The number of benzene rings is 1. The number of ketones is 2. The van der Waals surface area contributed by atoms with Crippen molar-refractivity contribution in [3.8, 4) is 0 Å². The average molecular weight is 282 g/mol. The third kappa shape index (κ3) is 5.59. The summed E-state index contributed by atoms with van der Waals surface area (Å²) >= 11 is 0. The molecule has 0 saturated heterocycles. The Balaban J connectivity index is 2.39. The van der Waals surface area contributed by atoms with Crippen LogP contribution >= 0.6 is 0 Å². The standard InChI is InChI=1S/C16H20F2O2/c1-2-3-4-5-6-7-13(19)11-16(20)14-9-8-12(17)10-15(14)18/h8-10H,2-7,11H2,1H3. The molecule has 0 aliphatic heterocycles. The van der Waals surface area contributed by atoms with E-state index in [1.54, 1.807) is 0 Å². The van der Waals surface area contributed by atoms with Gasteiger partial charge in [-0.05, 0) is 18.6 Å². The topological polar surface area (TPSA) is 34.1 Å². The van der Waals surface area contributed by atoms with Crippen molar-refractivity contribution in [1.29, 1.82) is 0 Å². The van der Waals surface area contributed by atoms with Crippen molar-refractivity contribution in [3.05, 3.63) is 35.4 Å². The predicted octanol–water partition coefficient (Wildman–Crippen LogP) is 4.47. The van der Waals surface area contributed by atoms with Gasteiger partial charge < -0.3 is 0 Å². The van der Waals surface area contributed by atoms with Crippen LogP contribution in [-0.4, -0.2) is 11.6 Å². The zero-order chi connectivity index (χ0) is 15.0. The Morgan fingerprint density at radius 3 is 2.40 bits per heavy atom. The van der Waals surface area contributed by atoms with Gasteiger partial charge in [-0.2, -0.15) is 0 Å². The van der Waals surface area contributed by atoms with Crippen LogP contribution in [0.4, 0.5) is 8.78 Å². The highest BCUT2D eigenvalue weighted by molar-refractivity contribution is 6.08. The summed E-state index contributed by atoms with van der Waals surface area (Å²) in [4.78, 5) is 23.4. The number of unbranched alkanes of at least 4 members (excludes halogenated alkanes) is 4. The number of hydrogen-bond acceptors (Lipinski definition) is 2. The van der Waals surface area contributed by atoms with Crippen LogP contribution in [0.25, 0.3) is 0 Å². The second-order valence-electron chi connectivity index (χ2n) is 4.93. The molecule has 0 radical (unpaired) electrons. The summed E-state index contributed by atoms with van der Waals surface area (Å²) in [5, 5.41) is 0. The van der Waals surface area contributed by atoms with E-state index in [4.69, 9.17) is 0 Å². The number of Topliss-reactive ketones (excluding diaryl/α,β-unsaturated/α-hetero) is 2. The van der Waals surface area contributed by atoms with Gasteiger partial charge in [-0.15, -0.1) is 0 Å². The van der Waals surface area contributed by atoms with Gasteiger partial charge in [0.2, 0.25) is 0 Å². The van der Waals surface area contributed by atoms with Crippen LogP contribution in [0.2, 0.25) is 0 Å². The maximum Gasteiger partial charge on any atom is 0.173 e. The first-order valence-corrected chi connectivity index (χ1v) is 7.04. The molecule has 0 N–H and O–H groups in total. The molecule has 4 heteroatoms. The predicted molar refractivity (Wildman–Crippen MR) is 73.7 cm³/mol. The Hall–Kier alpha value is -1.58. The lowest BCUT2D eigenvalue weighted by Crippen LogP contribution is -2.10. The Kier molecular flexibility index (Phi) is 7.05. The molecule has 0 heterocycles. The Bertz CT molecular complexity index is 470. The van der Waals surface area contributed by atoms with Crippen LogP contribution in [0.5, 0.6) is 0 Å². The first-order chi connectivity index (χ1) is 9.54. The van der Waals surface area contributed by atoms with E-state index in [2.05, 4.69) is 6.92 Å². The van der Waals surface area contributed by atoms with Gasteiger partial charge in [0.1, 0.15) is 17.4 Å². The Morgan fingerprint density at radius 1 is 1.05 bits per heavy atom. The van der Waals surface area contributed by atoms with E-state index in [1.807, 2.05) is 0 Å². The number of carbonyl (C=O) groups is 2. The lowest BCUT2D eigenvalue weighted by atomic mass is 10.0. The van der Waals surface area contributed by atoms with Gasteiger partial charge in [0.05, 0.1) is 12.0 Å². The van der Waals surface area contributed by atoms with E-state index in [0.717, 1.165) is 44.2 Å². The van der Waals surface area contributed by atoms with E-state index >= 15 is 0 Å². The Morgan fingerprint density at radius 2 is 1.75 bits per heavy atom. The van der Waals surface area contributed by atoms with Crippen LogP contribution in [0, 0.1) is 11.6 Å². The van der Waals surface area contributed by atoms with Crippen molar-refractivity contribution >= 4 is 11.6 Å². The quantitative estimate of drug-likeness (QED) is 0.380. The molecule has 0 aromatic heterocycles. The molecule has 0 fully saturated rings. The van der Waals surface area contributed by atoms with Crippen molar-refractivity contribution in [1.82, 2.24) is 0 Å². The largest absolute Gasteiger partial charge is 0.299 e. The molecule has 1 rings (SSSR count). The molecule has 0 aliphatic rings. The summed E-state index contributed by atoms with van der Waals surface area (Å²) in [5.74, 6) is -2.41. The van der Waals surface area contributed by atoms with E-state index < -0.39 is 17.4 Å². The molecular weight excluding hydrogens is 262 g/mol. The molecule has 2 nitrogen and oxygen atoms in total. The second-order valence-corrected chi connectivity index (χ2v) is 4.93. The van der Waals surface area contributed by atoms with Crippen LogP contribution in [-0.2, 0) is 4.79 Å². The summed E-state index contributed by atoms with van der Waals surface area (Å²) in [5.41, 5.74) is -0.217. The summed E-state index contributed by atoms with van der Waals surface area (Å²) in [6.45, 7) is 2.11. The summed E-state index contributed by atoms with van der Waals surface area (Å²) < 4.78 is 26.1. The van der Waals surface area contributed by atoms with Gasteiger partial charge in [-0.3, -0.25) is 9.59 Å². The van der Waals surface area contributed by atoms with Crippen molar-refractivity contribution < 1.29 is 18.4 Å². The van der Waals surface area contributed by atoms with Crippen LogP contribution < -0.4 is 0 Å². The summed E-state index contributed by atoms with van der Waals surface area (Å²) in [6.07, 6.45) is 5.14. The minimum atomic E-state index is -0.911. The second kappa shape index (κ2) is 8.56. The highest BCUT2D eigenvalue weighted by Crippen LogP contribution is 2.13. The first-order valence-electron chi connectivity index (χ1n) is 7.04. The zero-order valence-electron chi connectivity index (χ0n) is 11.8. The van der Waals surface area contributed by atoms with E-state index in [0.29, 0.717) is 12.5 Å². The van der Waals surface area contributed by atoms with Crippen molar-refractivity contribution in [2.75, 3.05) is 0 Å². The monoisotopic (exact) mass is 282 g/mol. The van der Waals surface area contributed by atoms with E-state index in [1.165, 1.54) is 0 Å². The number of halogens is 2. The third-order valence-electron chi connectivity index (χ3n) is 3.15. The van der Waals surface area contributed by atoms with E-state index in [-0.39, 0.29) is 17.8 Å². The minimum absolute atomic E-state index is 0.185. The number of carbonyl (C=O) groups excluding carboxylic acids is 2. The molecule has 20 heavy (non-hydrogen) atoms. The molecular formula is C16H20F2O2. The van der Waals surface area contributed by atoms with Gasteiger partial charge in [0.25, 0.3) is 0 Å². The molecule has 0 bridgehead atoms. The fourth-order valence-corrected chi connectivity index (χ4v) is 2.00. The third-order valence-corrected chi connectivity index (χ3v) is 3.15. The van der Waals surface area contributed by atoms with Crippen LogP contribution in [0.3, 0.4) is 0 Å². The molecule has 0 spiro atoms. The summed E-state index contributed by atoms with van der Waals surface area (Å²) in [7, 11) is 0. The van der Waals surface area contributed by atoms with E-state index in [9.17, 15) is 18.4 Å². The van der Waals surface area contributed by atoms with Gasteiger partial charge in [-0.25, -0.2) is 8.78 Å². The molecule has 110 valence electrons. The first kappa shape index (κ1) is 16.5. The lowest BCUT2D eigenvalue weighted by Gasteiger charge is -2.03. The molecule has 0 unspecified atom stereocenters. The fourth-order valence-electron chi connectivity index (χ4n) is 2.00. The van der Waals surface area contributed by atoms with Crippen molar-refractivity contribution in [3.63, 3.8) is 0 Å². The average Bonchev–Trinajstić information content (AvgIpc) is 2.38. The van der Waals surface area contributed by atoms with Crippen molar-refractivity contribution in [2.45, 2.75) is 51.9 Å². The SMILES string of the molecule is CCCCCCCC(=O)CC(=O)c1ccc(F)cc1F. The maximum absolute atomic E-state index is 13.4. The molecule has 0 amide bonds. The van der Waals surface area contributed by atoms with Gasteiger partial charge in [0, 0.05) is 12.5 Å². The molecule has 0 saturated carbocycles. The maximum atomic E-state index is 13.4. The normalized spacial score (nSPS) is 10.6.